The Balaban J connectivity index is 2.05. The van der Waals surface area contributed by atoms with Crippen molar-refractivity contribution in [1.82, 2.24) is 15.3 Å². The molecule has 1 aliphatic heterocycles. The van der Waals surface area contributed by atoms with Crippen LogP contribution >= 0.6 is 0 Å². The number of aromatic nitrogens is 2. The molecule has 2 rings (SSSR count). The number of imidazole rings is 1. The highest BCUT2D eigenvalue weighted by Gasteiger charge is 2.40. The molecule has 1 aromatic heterocycles. The molecule has 0 aromatic carbocycles. The van der Waals surface area contributed by atoms with E-state index in [1.165, 1.54) is 0 Å². The van der Waals surface area contributed by atoms with Gasteiger partial charge in [-0.3, -0.25) is 10.1 Å². The first-order chi connectivity index (χ1) is 7.77. The number of anilines is 1. The lowest BCUT2D eigenvalue weighted by atomic mass is 9.91. The van der Waals surface area contributed by atoms with E-state index in [0.717, 1.165) is 32.2 Å². The van der Waals surface area contributed by atoms with Gasteiger partial charge >= 0.3 is 0 Å². The third-order valence-electron chi connectivity index (χ3n) is 3.09. The normalized spacial score (nSPS) is 24.6. The average Bonchev–Trinajstić information content (AvgIpc) is 2.89. The fourth-order valence-corrected chi connectivity index (χ4v) is 2.31. The second-order valence-corrected chi connectivity index (χ2v) is 4.25. The number of nitrogens with one attached hydrogen (secondary N) is 3. The van der Waals surface area contributed by atoms with Crippen LogP contribution in [-0.4, -0.2) is 28.0 Å². The van der Waals surface area contributed by atoms with Gasteiger partial charge in [-0.1, -0.05) is 13.3 Å². The average molecular weight is 222 g/mol. The molecule has 16 heavy (non-hydrogen) atoms. The van der Waals surface area contributed by atoms with Crippen LogP contribution in [0.4, 0.5) is 5.95 Å². The zero-order valence-electron chi connectivity index (χ0n) is 9.55. The molecule has 5 nitrogen and oxygen atoms in total. The molecule has 1 aliphatic rings. The number of H-pyrrole nitrogens is 1. The Kier molecular flexibility index (Phi) is 3.24. The summed E-state index contributed by atoms with van der Waals surface area (Å²) < 4.78 is 0. The van der Waals surface area contributed by atoms with E-state index < -0.39 is 0 Å². The van der Waals surface area contributed by atoms with E-state index in [1.54, 1.807) is 12.4 Å². The van der Waals surface area contributed by atoms with Crippen molar-refractivity contribution < 1.29 is 4.79 Å². The van der Waals surface area contributed by atoms with Crippen LogP contribution in [0.15, 0.2) is 12.4 Å². The summed E-state index contributed by atoms with van der Waals surface area (Å²) in [5.74, 6) is 0.552. The van der Waals surface area contributed by atoms with Crippen LogP contribution < -0.4 is 10.6 Å². The predicted octanol–water partition coefficient (Wildman–Crippen LogP) is 1.27. The molecule has 1 fully saturated rings. The van der Waals surface area contributed by atoms with Gasteiger partial charge in [0, 0.05) is 12.4 Å². The van der Waals surface area contributed by atoms with Gasteiger partial charge in [-0.2, -0.15) is 0 Å². The van der Waals surface area contributed by atoms with E-state index in [1.807, 2.05) is 0 Å². The van der Waals surface area contributed by atoms with Gasteiger partial charge in [0.05, 0.1) is 5.54 Å². The number of rotatable bonds is 4. The largest absolute Gasteiger partial charge is 0.331 e. The molecule has 0 saturated carbocycles. The molecule has 0 radical (unpaired) electrons. The lowest BCUT2D eigenvalue weighted by molar-refractivity contribution is -0.122. The Bertz CT molecular complexity index is 341. The molecule has 1 unspecified atom stereocenters. The molecule has 88 valence electrons. The molecule has 1 atom stereocenters. The molecule has 1 saturated heterocycles. The highest BCUT2D eigenvalue weighted by atomic mass is 16.2. The van der Waals surface area contributed by atoms with Crippen LogP contribution in [-0.2, 0) is 4.79 Å². The Morgan fingerprint density at radius 1 is 1.69 bits per heavy atom. The van der Waals surface area contributed by atoms with Crippen LogP contribution in [0.25, 0.3) is 0 Å². The van der Waals surface area contributed by atoms with Crippen LogP contribution in [0.5, 0.6) is 0 Å². The lowest BCUT2D eigenvalue weighted by Gasteiger charge is -2.27. The Labute approximate surface area is 95.0 Å². The van der Waals surface area contributed by atoms with Crippen molar-refractivity contribution in [2.75, 3.05) is 11.9 Å². The van der Waals surface area contributed by atoms with Crippen molar-refractivity contribution in [2.45, 2.75) is 38.1 Å². The van der Waals surface area contributed by atoms with E-state index in [-0.39, 0.29) is 11.4 Å². The number of carbonyl (C=O) groups is 1. The smallest absolute Gasteiger partial charge is 0.246 e. The predicted molar refractivity (Wildman–Crippen MR) is 62.1 cm³/mol. The summed E-state index contributed by atoms with van der Waals surface area (Å²) in [4.78, 5) is 19.1. The fraction of sp³-hybridized carbons (Fsp3) is 0.636. The van der Waals surface area contributed by atoms with Gasteiger partial charge in [0.1, 0.15) is 0 Å². The van der Waals surface area contributed by atoms with E-state index in [2.05, 4.69) is 27.5 Å². The van der Waals surface area contributed by atoms with Crippen molar-refractivity contribution in [1.29, 1.82) is 0 Å². The SMILES string of the molecule is CCCC1(C(=O)Nc2ncc[nH]2)CCCN1. The topological polar surface area (TPSA) is 69.8 Å². The molecular formula is C11H18N4O. The summed E-state index contributed by atoms with van der Waals surface area (Å²) in [6.45, 7) is 3.02. The quantitative estimate of drug-likeness (QED) is 0.718. The fourth-order valence-electron chi connectivity index (χ4n) is 2.31. The van der Waals surface area contributed by atoms with Gasteiger partial charge in [0.25, 0.3) is 0 Å². The second kappa shape index (κ2) is 4.65. The second-order valence-electron chi connectivity index (χ2n) is 4.25. The summed E-state index contributed by atoms with van der Waals surface area (Å²) in [5.41, 5.74) is -0.387. The lowest BCUT2D eigenvalue weighted by Crippen LogP contribution is -2.50. The van der Waals surface area contributed by atoms with Gasteiger partial charge in [0.15, 0.2) is 0 Å². The van der Waals surface area contributed by atoms with Crippen LogP contribution in [0.2, 0.25) is 0 Å². The minimum absolute atomic E-state index is 0.0294. The molecule has 0 bridgehead atoms. The summed E-state index contributed by atoms with van der Waals surface area (Å²) in [6, 6.07) is 0. The summed E-state index contributed by atoms with van der Waals surface area (Å²) in [7, 11) is 0. The molecule has 0 spiro atoms. The Morgan fingerprint density at radius 3 is 3.12 bits per heavy atom. The molecule has 1 aromatic rings. The van der Waals surface area contributed by atoms with Gasteiger partial charge in [-0.05, 0) is 25.8 Å². The Hall–Kier alpha value is -1.36. The zero-order valence-corrected chi connectivity index (χ0v) is 9.55. The molecule has 3 N–H and O–H groups in total. The molecule has 5 heteroatoms. The number of hydrogen-bond donors (Lipinski definition) is 3. The van der Waals surface area contributed by atoms with Gasteiger partial charge in [-0.15, -0.1) is 0 Å². The minimum atomic E-state index is -0.387. The van der Waals surface area contributed by atoms with E-state index >= 15 is 0 Å². The number of aromatic amines is 1. The highest BCUT2D eigenvalue weighted by Crippen LogP contribution is 2.25. The first-order valence-corrected chi connectivity index (χ1v) is 5.83. The Morgan fingerprint density at radius 2 is 2.56 bits per heavy atom. The summed E-state index contributed by atoms with van der Waals surface area (Å²) in [5, 5.41) is 6.15. The number of hydrogen-bond acceptors (Lipinski definition) is 3. The monoisotopic (exact) mass is 222 g/mol. The number of carbonyl (C=O) groups excluding carboxylic acids is 1. The highest BCUT2D eigenvalue weighted by molar-refractivity contribution is 5.97. The van der Waals surface area contributed by atoms with Crippen LogP contribution in [0.3, 0.4) is 0 Å². The maximum absolute atomic E-state index is 12.2. The molecule has 2 heterocycles. The van der Waals surface area contributed by atoms with Gasteiger partial charge < -0.3 is 10.3 Å². The van der Waals surface area contributed by atoms with Crippen molar-refractivity contribution >= 4 is 11.9 Å². The number of nitrogens with zero attached hydrogens (tertiary/aromatic N) is 1. The third kappa shape index (κ3) is 2.09. The zero-order chi connectivity index (χ0) is 11.4. The van der Waals surface area contributed by atoms with Crippen molar-refractivity contribution in [3.63, 3.8) is 0 Å². The van der Waals surface area contributed by atoms with Crippen LogP contribution in [0.1, 0.15) is 32.6 Å². The van der Waals surface area contributed by atoms with E-state index in [0.29, 0.717) is 5.95 Å². The summed E-state index contributed by atoms with van der Waals surface area (Å²) in [6.07, 6.45) is 7.17. The standard InChI is InChI=1S/C11H18N4O/c1-2-4-11(5-3-6-14-11)9(16)15-10-12-7-8-13-10/h7-8,14H,2-6H2,1H3,(H2,12,13,15,16). The van der Waals surface area contributed by atoms with Crippen molar-refractivity contribution in [3.05, 3.63) is 12.4 Å². The van der Waals surface area contributed by atoms with Crippen molar-refractivity contribution in [3.8, 4) is 0 Å². The molecule has 0 aliphatic carbocycles. The third-order valence-corrected chi connectivity index (χ3v) is 3.09. The van der Waals surface area contributed by atoms with E-state index in [4.69, 9.17) is 0 Å². The van der Waals surface area contributed by atoms with Gasteiger partial charge in [0.2, 0.25) is 11.9 Å². The minimum Gasteiger partial charge on any atom is -0.331 e. The maximum Gasteiger partial charge on any atom is 0.246 e. The first-order valence-electron chi connectivity index (χ1n) is 5.83. The summed E-state index contributed by atoms with van der Waals surface area (Å²) >= 11 is 0. The van der Waals surface area contributed by atoms with Crippen LogP contribution in [0, 0.1) is 0 Å². The first kappa shape index (κ1) is 11.1. The molecular weight excluding hydrogens is 204 g/mol. The molecule has 1 amide bonds. The van der Waals surface area contributed by atoms with Gasteiger partial charge in [-0.25, -0.2) is 4.98 Å². The number of amides is 1. The van der Waals surface area contributed by atoms with E-state index in [9.17, 15) is 4.79 Å². The van der Waals surface area contributed by atoms with Crippen molar-refractivity contribution in [2.24, 2.45) is 0 Å². The maximum atomic E-state index is 12.2.